The Kier molecular flexibility index (Phi) is 5.46. The molecule has 5 rings (SSSR count). The van der Waals surface area contributed by atoms with E-state index in [1.54, 1.807) is 0 Å². The van der Waals surface area contributed by atoms with Crippen molar-refractivity contribution >= 4 is 0 Å². The standard InChI is InChI=1S/C23H25N4O5/c28-14-20-19(29)12-21(32-20)27-13-15(22(30)24-23(27)31)7-8-16-4-3-6-18-17-5-1-2-9-25(17)10-11-26(16)18/h1-6,9,13,19-21,28-29H,7-8,10-12,14H2/q+1/p+1/t19?,20-,21-/m1/s1. The van der Waals surface area contributed by atoms with Gasteiger partial charge in [0.2, 0.25) is 13.1 Å². The summed E-state index contributed by atoms with van der Waals surface area (Å²) in [6, 6.07) is 12.3. The highest BCUT2D eigenvalue weighted by atomic mass is 16.5. The van der Waals surface area contributed by atoms with Crippen molar-refractivity contribution in [3.8, 4) is 11.4 Å². The van der Waals surface area contributed by atoms with E-state index in [-0.39, 0.29) is 13.0 Å². The Hall–Kier alpha value is -3.14. The molecule has 166 valence electrons. The van der Waals surface area contributed by atoms with Crippen molar-refractivity contribution < 1.29 is 24.1 Å². The average Bonchev–Trinajstić information content (AvgIpc) is 3.18. The zero-order valence-electron chi connectivity index (χ0n) is 17.6. The Morgan fingerprint density at radius 3 is 2.75 bits per heavy atom. The van der Waals surface area contributed by atoms with Gasteiger partial charge in [-0.25, -0.2) is 4.79 Å². The summed E-state index contributed by atoms with van der Waals surface area (Å²) in [5.41, 5.74) is 2.87. The van der Waals surface area contributed by atoms with E-state index < -0.39 is 29.7 Å². The van der Waals surface area contributed by atoms with Crippen LogP contribution in [0.4, 0.5) is 0 Å². The number of aryl methyl sites for hydroxylation is 3. The molecule has 3 aromatic rings. The molecule has 9 nitrogen and oxygen atoms in total. The van der Waals surface area contributed by atoms with E-state index in [0.29, 0.717) is 18.4 Å². The smallest absolute Gasteiger partial charge is 0.330 e. The second-order valence-electron chi connectivity index (χ2n) is 8.27. The number of fused-ring (bicyclic) bond motifs is 3. The zero-order valence-corrected chi connectivity index (χ0v) is 17.6. The molecular formula is C23H26N4O5+2. The first-order valence-electron chi connectivity index (χ1n) is 10.8. The third-order valence-electron chi connectivity index (χ3n) is 6.33. The molecule has 3 aromatic heterocycles. The van der Waals surface area contributed by atoms with Gasteiger partial charge in [0.25, 0.3) is 16.9 Å². The van der Waals surface area contributed by atoms with E-state index >= 15 is 0 Å². The second kappa shape index (κ2) is 8.42. The summed E-state index contributed by atoms with van der Waals surface area (Å²) in [6.07, 6.45) is 2.53. The molecule has 2 aliphatic rings. The Morgan fingerprint density at radius 1 is 1.09 bits per heavy atom. The molecule has 3 N–H and O–H groups in total. The highest BCUT2D eigenvalue weighted by Gasteiger charge is 2.35. The maximum atomic E-state index is 12.5. The lowest BCUT2D eigenvalue weighted by Crippen LogP contribution is -2.55. The molecule has 5 heterocycles. The van der Waals surface area contributed by atoms with Crippen molar-refractivity contribution in [1.82, 2.24) is 9.55 Å². The molecule has 1 unspecified atom stereocenters. The summed E-state index contributed by atoms with van der Waals surface area (Å²) in [6.45, 7) is 1.39. The molecule has 32 heavy (non-hydrogen) atoms. The summed E-state index contributed by atoms with van der Waals surface area (Å²) >= 11 is 0. The van der Waals surface area contributed by atoms with E-state index in [9.17, 15) is 19.8 Å². The molecule has 0 spiro atoms. The molecule has 0 aromatic carbocycles. The van der Waals surface area contributed by atoms with Gasteiger partial charge in [0.1, 0.15) is 12.3 Å². The van der Waals surface area contributed by atoms with Gasteiger partial charge in [-0.3, -0.25) is 14.3 Å². The monoisotopic (exact) mass is 438 g/mol. The van der Waals surface area contributed by atoms with Gasteiger partial charge >= 0.3 is 5.69 Å². The van der Waals surface area contributed by atoms with Crippen LogP contribution in [-0.2, 0) is 30.7 Å². The SMILES string of the molecule is O=c1[nH]c(=O)n([C@H]2CC(O)[C@@H](CO)O2)cc1CCc1cccc2[n+]1CC[n+]1ccccc1-2. The average molecular weight is 438 g/mol. The predicted molar refractivity (Wildman–Crippen MR) is 113 cm³/mol. The van der Waals surface area contributed by atoms with Gasteiger partial charge < -0.3 is 14.9 Å². The minimum Gasteiger partial charge on any atom is -0.394 e. The normalized spacial score (nSPS) is 21.9. The summed E-state index contributed by atoms with van der Waals surface area (Å²) in [5, 5.41) is 19.3. The lowest BCUT2D eigenvalue weighted by molar-refractivity contribution is -0.798. The van der Waals surface area contributed by atoms with E-state index in [1.807, 2.05) is 18.2 Å². The number of H-pyrrole nitrogens is 1. The van der Waals surface area contributed by atoms with Crippen LogP contribution >= 0.6 is 0 Å². The van der Waals surface area contributed by atoms with Crippen molar-refractivity contribution in [2.45, 2.75) is 50.8 Å². The van der Waals surface area contributed by atoms with E-state index in [2.05, 4.69) is 38.5 Å². The lowest BCUT2D eigenvalue weighted by atomic mass is 10.1. The van der Waals surface area contributed by atoms with Gasteiger partial charge in [0.15, 0.2) is 11.9 Å². The minimum absolute atomic E-state index is 0.176. The molecule has 1 fully saturated rings. The van der Waals surface area contributed by atoms with Crippen LogP contribution in [0.3, 0.4) is 0 Å². The number of aliphatic hydroxyl groups excluding tert-OH is 2. The number of nitrogens with zero attached hydrogens (tertiary/aromatic N) is 3. The first-order valence-corrected chi connectivity index (χ1v) is 10.8. The lowest BCUT2D eigenvalue weighted by Gasteiger charge is -2.15. The fraction of sp³-hybridized carbons (Fsp3) is 0.391. The minimum atomic E-state index is -0.861. The van der Waals surface area contributed by atoms with Gasteiger partial charge in [0, 0.05) is 48.9 Å². The fourth-order valence-corrected chi connectivity index (χ4v) is 4.63. The first kappa shape index (κ1) is 20.7. The van der Waals surface area contributed by atoms with E-state index in [0.717, 1.165) is 30.2 Å². The second-order valence-corrected chi connectivity index (χ2v) is 8.27. The molecule has 2 aliphatic heterocycles. The summed E-state index contributed by atoms with van der Waals surface area (Å²) < 4.78 is 11.4. The highest BCUT2D eigenvalue weighted by molar-refractivity contribution is 5.46. The molecule has 0 amide bonds. The topological polar surface area (TPSA) is 112 Å². The number of aliphatic hydroxyl groups is 2. The molecule has 9 heteroatoms. The van der Waals surface area contributed by atoms with Crippen molar-refractivity contribution in [3.63, 3.8) is 0 Å². The fourth-order valence-electron chi connectivity index (χ4n) is 4.63. The van der Waals surface area contributed by atoms with Crippen molar-refractivity contribution in [3.05, 3.63) is 80.9 Å². The largest absolute Gasteiger partial charge is 0.394 e. The molecule has 0 radical (unpaired) electrons. The van der Waals surface area contributed by atoms with Crippen molar-refractivity contribution in [2.24, 2.45) is 0 Å². The molecule has 1 saturated heterocycles. The maximum Gasteiger partial charge on any atom is 0.330 e. The molecule has 3 atom stereocenters. The van der Waals surface area contributed by atoms with Gasteiger partial charge in [-0.1, -0.05) is 0 Å². The number of rotatable bonds is 5. The number of pyridine rings is 2. The molecule has 0 saturated carbocycles. The summed E-state index contributed by atoms with van der Waals surface area (Å²) in [4.78, 5) is 27.2. The number of hydrogen-bond acceptors (Lipinski definition) is 5. The quantitative estimate of drug-likeness (QED) is 0.453. The van der Waals surface area contributed by atoms with Crippen LogP contribution in [0.25, 0.3) is 11.4 Å². The number of ether oxygens (including phenoxy) is 1. The third-order valence-corrected chi connectivity index (χ3v) is 6.33. The predicted octanol–water partition coefficient (Wildman–Crippen LogP) is -0.782. The number of aromatic nitrogens is 4. The van der Waals surface area contributed by atoms with Crippen LogP contribution in [0.2, 0.25) is 0 Å². The Balaban J connectivity index is 1.41. The van der Waals surface area contributed by atoms with Crippen LogP contribution in [0.15, 0.2) is 58.4 Å². The molecule has 0 bridgehead atoms. The van der Waals surface area contributed by atoms with Gasteiger partial charge in [0.05, 0.1) is 12.7 Å². The third kappa shape index (κ3) is 3.68. The Bertz CT molecular complexity index is 1270. The Morgan fingerprint density at radius 2 is 1.94 bits per heavy atom. The van der Waals surface area contributed by atoms with Gasteiger partial charge in [-0.2, -0.15) is 9.13 Å². The summed E-state index contributed by atoms with van der Waals surface area (Å²) in [5.74, 6) is 0. The maximum absolute atomic E-state index is 12.5. The van der Waals surface area contributed by atoms with Crippen LogP contribution < -0.4 is 20.4 Å². The number of hydrogen-bond donors (Lipinski definition) is 3. The van der Waals surface area contributed by atoms with Crippen LogP contribution in [0, 0.1) is 0 Å². The van der Waals surface area contributed by atoms with Crippen LogP contribution in [0.1, 0.15) is 23.9 Å². The highest BCUT2D eigenvalue weighted by Crippen LogP contribution is 2.27. The van der Waals surface area contributed by atoms with Crippen LogP contribution in [-0.4, -0.2) is 38.6 Å². The summed E-state index contributed by atoms with van der Waals surface area (Å²) in [7, 11) is 0. The molecule has 0 aliphatic carbocycles. The first-order chi connectivity index (χ1) is 15.5. The van der Waals surface area contributed by atoms with E-state index in [1.165, 1.54) is 10.8 Å². The number of nitrogens with one attached hydrogen (secondary N) is 1. The van der Waals surface area contributed by atoms with Crippen LogP contribution in [0.5, 0.6) is 0 Å². The molecular weight excluding hydrogens is 412 g/mol. The van der Waals surface area contributed by atoms with Gasteiger partial charge in [-0.15, -0.1) is 0 Å². The zero-order chi connectivity index (χ0) is 22.2. The van der Waals surface area contributed by atoms with Crippen molar-refractivity contribution in [1.29, 1.82) is 0 Å². The van der Waals surface area contributed by atoms with E-state index in [4.69, 9.17) is 4.74 Å². The van der Waals surface area contributed by atoms with Gasteiger partial charge in [-0.05, 0) is 18.6 Å². The number of aromatic amines is 1. The Labute approximate surface area is 183 Å². The van der Waals surface area contributed by atoms with Crippen molar-refractivity contribution in [2.75, 3.05) is 6.61 Å².